The average molecular weight is 666 g/mol. The van der Waals surface area contributed by atoms with Crippen molar-refractivity contribution in [3.05, 3.63) is 101 Å². The molecule has 1 aromatic heterocycles. The first-order chi connectivity index (χ1) is 23.3. The molecule has 5 rings (SSSR count). The van der Waals surface area contributed by atoms with Crippen molar-refractivity contribution in [2.45, 2.75) is 63.2 Å². The molecule has 5 N–H and O–H groups in total. The number of nitrogens with one attached hydrogen (secondary N) is 1. The summed E-state index contributed by atoms with van der Waals surface area (Å²) in [4.78, 5) is 26.3. The van der Waals surface area contributed by atoms with Crippen molar-refractivity contribution in [3.63, 3.8) is 0 Å². The van der Waals surface area contributed by atoms with Crippen LogP contribution in [0.1, 0.15) is 36.7 Å². The summed E-state index contributed by atoms with van der Waals surface area (Å²) >= 11 is 0. The number of hydrazine groups is 1. The molecule has 2 heterocycles. The summed E-state index contributed by atoms with van der Waals surface area (Å²) in [5, 5.41) is 49.6. The fraction of sp³-hybridized carbons (Fsp3) is 0.394. The molecular weight excluding hydrogens is 626 g/mol. The van der Waals surface area contributed by atoms with Crippen LogP contribution in [0.25, 0.3) is 5.57 Å². The Morgan fingerprint density at radius 1 is 0.938 bits per heavy atom. The molecule has 0 spiro atoms. The van der Waals surface area contributed by atoms with Crippen LogP contribution in [0.15, 0.2) is 84.6 Å². The van der Waals surface area contributed by atoms with Gasteiger partial charge in [-0.25, -0.2) is 24.7 Å². The number of hydrogen-bond acceptors (Lipinski definition) is 12. The minimum Gasteiger partial charge on any atom is -0.449 e. The predicted octanol–water partition coefficient (Wildman–Crippen LogP) is 1.70. The highest BCUT2D eigenvalue weighted by Gasteiger charge is 2.44. The third kappa shape index (κ3) is 7.57. The lowest BCUT2D eigenvalue weighted by molar-refractivity contribution is -0.304. The molecule has 15 heteroatoms. The molecule has 256 valence electrons. The molecule has 2 aliphatic rings. The number of aliphatic hydroxyl groups is 4. The summed E-state index contributed by atoms with van der Waals surface area (Å²) in [5.74, 6) is 0. The molecule has 2 aromatic carbocycles. The van der Waals surface area contributed by atoms with Gasteiger partial charge in [0.25, 0.3) is 0 Å². The summed E-state index contributed by atoms with van der Waals surface area (Å²) in [7, 11) is 0. The van der Waals surface area contributed by atoms with Crippen molar-refractivity contribution in [2.24, 2.45) is 0 Å². The lowest BCUT2D eigenvalue weighted by Gasteiger charge is -2.39. The molecule has 1 aliphatic carbocycles. The third-order valence-corrected chi connectivity index (χ3v) is 7.87. The topological polar surface area (TPSA) is 198 Å². The summed E-state index contributed by atoms with van der Waals surface area (Å²) in [5.41, 5.74) is 6.04. The van der Waals surface area contributed by atoms with Crippen LogP contribution in [0.2, 0.25) is 0 Å². The molecule has 3 aromatic rings. The maximum atomic E-state index is 13.5. The minimum atomic E-state index is -1.60. The SMILES string of the molecule is CCOC(=O)NN(C(=O)OCC)[C@@H]1C(=C(c2ccccc2)c2ccccc2)C=C[C@H]1n1cc(CO[C@H]2O[C@H](CO)[C@@H](O)[C@H](O)[C@@H]2O)nn1. The normalized spacial score (nSPS) is 25.0. The van der Waals surface area contributed by atoms with Crippen LogP contribution in [0.4, 0.5) is 9.59 Å². The van der Waals surface area contributed by atoms with Crippen molar-refractivity contribution < 1.29 is 49.0 Å². The molecule has 15 nitrogen and oxygen atoms in total. The second-order valence-corrected chi connectivity index (χ2v) is 11.0. The van der Waals surface area contributed by atoms with Crippen LogP contribution >= 0.6 is 0 Å². The molecular formula is C33H39N5O10. The number of benzene rings is 2. The van der Waals surface area contributed by atoms with Crippen molar-refractivity contribution >= 4 is 17.8 Å². The Labute approximate surface area is 276 Å². The van der Waals surface area contributed by atoms with Gasteiger partial charge in [-0.2, -0.15) is 0 Å². The Morgan fingerprint density at radius 2 is 1.58 bits per heavy atom. The van der Waals surface area contributed by atoms with Gasteiger partial charge < -0.3 is 39.4 Å². The number of carbonyl (C=O) groups is 2. The maximum absolute atomic E-state index is 13.5. The van der Waals surface area contributed by atoms with Crippen LogP contribution in [0.5, 0.6) is 0 Å². The molecule has 1 saturated heterocycles. The molecule has 0 bridgehead atoms. The van der Waals surface area contributed by atoms with E-state index >= 15 is 0 Å². The summed E-state index contributed by atoms with van der Waals surface area (Å²) in [6, 6.07) is 17.6. The summed E-state index contributed by atoms with van der Waals surface area (Å²) in [6.45, 7) is 2.57. The van der Waals surface area contributed by atoms with Gasteiger partial charge in [0.05, 0.1) is 38.7 Å². The quantitative estimate of drug-likeness (QED) is 0.197. The zero-order chi connectivity index (χ0) is 34.2. The average Bonchev–Trinajstić information content (AvgIpc) is 3.75. The van der Waals surface area contributed by atoms with Gasteiger partial charge in [0, 0.05) is 0 Å². The number of aliphatic hydroxyl groups excluding tert-OH is 4. The van der Waals surface area contributed by atoms with E-state index in [1.165, 1.54) is 4.68 Å². The highest BCUT2D eigenvalue weighted by molar-refractivity contribution is 5.86. The largest absolute Gasteiger partial charge is 0.449 e. The van der Waals surface area contributed by atoms with Crippen LogP contribution in [0.3, 0.4) is 0 Å². The number of ether oxygens (including phenoxy) is 4. The van der Waals surface area contributed by atoms with Crippen molar-refractivity contribution in [1.82, 2.24) is 25.4 Å². The van der Waals surface area contributed by atoms with Crippen LogP contribution in [0, 0.1) is 0 Å². The van der Waals surface area contributed by atoms with E-state index < -0.39 is 61.6 Å². The second kappa shape index (κ2) is 16.0. The fourth-order valence-corrected chi connectivity index (χ4v) is 5.64. The molecule has 0 radical (unpaired) electrons. The van der Waals surface area contributed by atoms with Gasteiger partial charge in [-0.05, 0) is 36.1 Å². The number of carbonyl (C=O) groups excluding carboxylic acids is 2. The van der Waals surface area contributed by atoms with E-state index in [4.69, 9.17) is 18.9 Å². The predicted molar refractivity (Wildman–Crippen MR) is 168 cm³/mol. The molecule has 7 atom stereocenters. The Kier molecular flexibility index (Phi) is 11.5. The van der Waals surface area contributed by atoms with Gasteiger partial charge in [-0.3, -0.25) is 0 Å². The Hall–Kier alpha value is -4.64. The Bertz CT molecular complexity index is 1540. The summed E-state index contributed by atoms with van der Waals surface area (Å²) in [6.07, 6.45) is -3.66. The molecule has 0 unspecified atom stereocenters. The standard InChI is InChI=1S/C33H39N5O10/c1-3-45-32(43)35-38(33(44)46-4-2)27-23(26(20-11-7-5-8-12-20)21-13-9-6-10-14-21)15-16-24(27)37-17-22(34-36-37)19-47-31-30(42)29(41)28(40)25(18-39)48-31/h5-17,24-25,27-31,39-42H,3-4,18-19H2,1-2H3,(H,35,43)/t24-,25-,27-,28-,29+,30+,31+/m1/s1. The second-order valence-electron chi connectivity index (χ2n) is 11.0. The van der Waals surface area contributed by atoms with Gasteiger partial charge in [-0.1, -0.05) is 78.0 Å². The lowest BCUT2D eigenvalue weighted by atomic mass is 9.90. The highest BCUT2D eigenvalue weighted by atomic mass is 16.7. The van der Waals surface area contributed by atoms with Crippen molar-refractivity contribution in [2.75, 3.05) is 19.8 Å². The smallest absolute Gasteiger partial charge is 0.429 e. The monoisotopic (exact) mass is 665 g/mol. The first kappa shape index (κ1) is 34.7. The Balaban J connectivity index is 1.53. The number of amides is 2. The van der Waals surface area contributed by atoms with Gasteiger partial charge in [0.15, 0.2) is 6.29 Å². The van der Waals surface area contributed by atoms with E-state index in [0.717, 1.165) is 21.7 Å². The summed E-state index contributed by atoms with van der Waals surface area (Å²) < 4.78 is 23.1. The van der Waals surface area contributed by atoms with Crippen molar-refractivity contribution in [1.29, 1.82) is 0 Å². The van der Waals surface area contributed by atoms with Gasteiger partial charge in [-0.15, -0.1) is 5.10 Å². The molecule has 1 fully saturated rings. The number of hydrogen-bond donors (Lipinski definition) is 5. The number of aromatic nitrogens is 3. The Morgan fingerprint density at radius 3 is 2.19 bits per heavy atom. The highest BCUT2D eigenvalue weighted by Crippen LogP contribution is 2.39. The van der Waals surface area contributed by atoms with E-state index in [9.17, 15) is 30.0 Å². The third-order valence-electron chi connectivity index (χ3n) is 7.87. The molecule has 1 aliphatic heterocycles. The fourth-order valence-electron chi connectivity index (χ4n) is 5.64. The molecule has 48 heavy (non-hydrogen) atoms. The van der Waals surface area contributed by atoms with Crippen LogP contribution < -0.4 is 5.43 Å². The maximum Gasteiger partial charge on any atom is 0.429 e. The van der Waals surface area contributed by atoms with Gasteiger partial charge in [0.2, 0.25) is 0 Å². The number of rotatable bonds is 10. The lowest BCUT2D eigenvalue weighted by Crippen LogP contribution is -2.59. The van der Waals surface area contributed by atoms with E-state index in [1.54, 1.807) is 20.0 Å². The van der Waals surface area contributed by atoms with E-state index in [0.29, 0.717) is 11.3 Å². The first-order valence-corrected chi connectivity index (χ1v) is 15.5. The van der Waals surface area contributed by atoms with Gasteiger partial charge >= 0.3 is 12.2 Å². The van der Waals surface area contributed by atoms with E-state index in [2.05, 4.69) is 15.7 Å². The number of nitrogens with zero attached hydrogens (tertiary/aromatic N) is 4. The molecule has 2 amide bonds. The van der Waals surface area contributed by atoms with Gasteiger partial charge in [0.1, 0.15) is 36.2 Å². The van der Waals surface area contributed by atoms with E-state index in [1.807, 2.05) is 72.8 Å². The van der Waals surface area contributed by atoms with Crippen LogP contribution in [-0.2, 0) is 25.6 Å². The van der Waals surface area contributed by atoms with Crippen molar-refractivity contribution in [3.8, 4) is 0 Å². The van der Waals surface area contributed by atoms with Crippen LogP contribution in [-0.4, -0.2) is 109 Å². The minimum absolute atomic E-state index is 0.0384. The first-order valence-electron chi connectivity index (χ1n) is 15.5. The zero-order valence-corrected chi connectivity index (χ0v) is 26.4. The van der Waals surface area contributed by atoms with E-state index in [-0.39, 0.29) is 19.8 Å². The zero-order valence-electron chi connectivity index (χ0n) is 26.4. The molecule has 0 saturated carbocycles.